The van der Waals surface area contributed by atoms with Gasteiger partial charge in [0.1, 0.15) is 5.75 Å². The monoisotopic (exact) mass is 353 g/mol. The van der Waals surface area contributed by atoms with E-state index in [0.29, 0.717) is 26.4 Å². The summed E-state index contributed by atoms with van der Waals surface area (Å²) in [7, 11) is 0. The fourth-order valence-corrected chi connectivity index (χ4v) is 2.18. The number of carbonyl (C=O) groups excluding carboxylic acids is 1. The average Bonchev–Trinajstić information content (AvgIpc) is 2.40. The number of pyridine rings is 1. The van der Waals surface area contributed by atoms with Crippen molar-refractivity contribution in [3.05, 3.63) is 57.3 Å². The highest BCUT2D eigenvalue weighted by Gasteiger charge is 2.12. The van der Waals surface area contributed by atoms with Crippen molar-refractivity contribution in [3.63, 3.8) is 0 Å². The van der Waals surface area contributed by atoms with Crippen molar-refractivity contribution in [2.75, 3.05) is 0 Å². The molecule has 0 aliphatic carbocycles. The van der Waals surface area contributed by atoms with E-state index in [1.54, 1.807) is 30.5 Å². The molecule has 1 heterocycles. The van der Waals surface area contributed by atoms with Gasteiger partial charge in [-0.05, 0) is 54.0 Å². The van der Waals surface area contributed by atoms with Crippen molar-refractivity contribution in [1.29, 1.82) is 0 Å². The number of aromatic nitrogens is 1. The normalized spacial score (nSPS) is 10.7. The SMILES string of the molecule is CC(C)Oc1cncc(C(=O)c2ccc(Cl)c(Br)c2)c1. The fraction of sp³-hybridized carbons (Fsp3) is 0.200. The van der Waals surface area contributed by atoms with Gasteiger partial charge in [0.05, 0.1) is 17.3 Å². The summed E-state index contributed by atoms with van der Waals surface area (Å²) >= 11 is 9.23. The van der Waals surface area contributed by atoms with Gasteiger partial charge in [-0.15, -0.1) is 0 Å². The molecule has 0 radical (unpaired) electrons. The second-order valence-electron chi connectivity index (χ2n) is 4.53. The fourth-order valence-electron chi connectivity index (χ4n) is 1.68. The molecule has 0 amide bonds. The zero-order valence-electron chi connectivity index (χ0n) is 11.1. The lowest BCUT2D eigenvalue weighted by Gasteiger charge is -2.10. The van der Waals surface area contributed by atoms with E-state index in [-0.39, 0.29) is 11.9 Å². The first-order valence-electron chi connectivity index (χ1n) is 6.09. The van der Waals surface area contributed by atoms with Gasteiger partial charge in [-0.25, -0.2) is 0 Å². The lowest BCUT2D eigenvalue weighted by atomic mass is 10.1. The van der Waals surface area contributed by atoms with Crippen LogP contribution >= 0.6 is 27.5 Å². The molecule has 3 nitrogen and oxygen atoms in total. The summed E-state index contributed by atoms with van der Waals surface area (Å²) < 4.78 is 6.23. The van der Waals surface area contributed by atoms with E-state index in [4.69, 9.17) is 16.3 Å². The highest BCUT2D eigenvalue weighted by Crippen LogP contribution is 2.25. The van der Waals surface area contributed by atoms with Crippen molar-refractivity contribution in [1.82, 2.24) is 4.98 Å². The largest absolute Gasteiger partial charge is 0.489 e. The molecule has 0 atom stereocenters. The van der Waals surface area contributed by atoms with Gasteiger partial charge < -0.3 is 4.74 Å². The Morgan fingerprint density at radius 1 is 1.25 bits per heavy atom. The van der Waals surface area contributed by atoms with Crippen molar-refractivity contribution >= 4 is 33.3 Å². The number of nitrogens with zero attached hydrogens (tertiary/aromatic N) is 1. The Hall–Kier alpha value is -1.39. The van der Waals surface area contributed by atoms with Gasteiger partial charge in [0.2, 0.25) is 0 Å². The summed E-state index contributed by atoms with van der Waals surface area (Å²) in [6.07, 6.45) is 3.15. The summed E-state index contributed by atoms with van der Waals surface area (Å²) in [6.45, 7) is 3.84. The van der Waals surface area contributed by atoms with Crippen LogP contribution < -0.4 is 4.74 Å². The summed E-state index contributed by atoms with van der Waals surface area (Å²) in [4.78, 5) is 16.4. The second kappa shape index (κ2) is 6.37. The first-order chi connectivity index (χ1) is 9.47. The standard InChI is InChI=1S/C15H13BrClNO2/c1-9(2)20-12-5-11(7-18-8-12)15(19)10-3-4-14(17)13(16)6-10/h3-9H,1-2H3. The minimum Gasteiger partial charge on any atom is -0.489 e. The number of halogens is 2. The zero-order chi connectivity index (χ0) is 14.7. The molecule has 0 saturated carbocycles. The summed E-state index contributed by atoms with van der Waals surface area (Å²) in [5, 5.41) is 0.566. The van der Waals surface area contributed by atoms with Gasteiger partial charge in [-0.2, -0.15) is 0 Å². The Morgan fingerprint density at radius 3 is 2.65 bits per heavy atom. The Kier molecular flexibility index (Phi) is 4.78. The van der Waals surface area contributed by atoms with E-state index >= 15 is 0 Å². The van der Waals surface area contributed by atoms with Crippen molar-refractivity contribution in [2.45, 2.75) is 20.0 Å². The molecule has 0 bridgehead atoms. The lowest BCUT2D eigenvalue weighted by Crippen LogP contribution is -2.07. The quantitative estimate of drug-likeness (QED) is 0.758. The Morgan fingerprint density at radius 2 is 2.00 bits per heavy atom. The van der Waals surface area contributed by atoms with Crippen molar-refractivity contribution < 1.29 is 9.53 Å². The Balaban J connectivity index is 2.30. The number of benzene rings is 1. The minimum atomic E-state index is -0.121. The van der Waals surface area contributed by atoms with Gasteiger partial charge >= 0.3 is 0 Å². The molecule has 20 heavy (non-hydrogen) atoms. The molecule has 1 aromatic carbocycles. The van der Waals surface area contributed by atoms with E-state index in [0.717, 1.165) is 0 Å². The molecule has 0 saturated heterocycles. The zero-order valence-corrected chi connectivity index (χ0v) is 13.4. The van der Waals surface area contributed by atoms with E-state index in [1.807, 2.05) is 13.8 Å². The summed E-state index contributed by atoms with van der Waals surface area (Å²) in [6, 6.07) is 6.75. The maximum absolute atomic E-state index is 12.4. The molecule has 0 spiro atoms. The molecule has 2 rings (SSSR count). The molecular weight excluding hydrogens is 342 g/mol. The molecule has 0 aliphatic rings. The minimum absolute atomic E-state index is 0.0341. The van der Waals surface area contributed by atoms with Crippen molar-refractivity contribution in [3.8, 4) is 5.75 Å². The van der Waals surface area contributed by atoms with Crippen LogP contribution in [0.4, 0.5) is 0 Å². The first kappa shape index (κ1) is 15.0. The van der Waals surface area contributed by atoms with E-state index in [9.17, 15) is 4.79 Å². The van der Waals surface area contributed by atoms with Crippen LogP contribution in [0.1, 0.15) is 29.8 Å². The van der Waals surface area contributed by atoms with Crippen LogP contribution in [0.15, 0.2) is 41.1 Å². The molecule has 0 fully saturated rings. The van der Waals surface area contributed by atoms with Gasteiger partial charge in [-0.1, -0.05) is 11.6 Å². The smallest absolute Gasteiger partial charge is 0.194 e. The predicted molar refractivity (Wildman–Crippen MR) is 82.6 cm³/mol. The molecule has 2 aromatic rings. The molecule has 1 aromatic heterocycles. The number of carbonyl (C=O) groups is 1. The van der Waals surface area contributed by atoms with Crippen LogP contribution in [0.2, 0.25) is 5.02 Å². The number of rotatable bonds is 4. The summed E-state index contributed by atoms with van der Waals surface area (Å²) in [5.74, 6) is 0.461. The number of hydrogen-bond acceptors (Lipinski definition) is 3. The molecule has 0 N–H and O–H groups in total. The molecule has 5 heteroatoms. The third kappa shape index (κ3) is 3.58. The van der Waals surface area contributed by atoms with E-state index < -0.39 is 0 Å². The Bertz CT molecular complexity index is 644. The number of ketones is 1. The first-order valence-corrected chi connectivity index (χ1v) is 7.26. The number of hydrogen-bond donors (Lipinski definition) is 0. The van der Waals surface area contributed by atoms with Gasteiger partial charge in [0.15, 0.2) is 5.78 Å². The highest BCUT2D eigenvalue weighted by molar-refractivity contribution is 9.10. The second-order valence-corrected chi connectivity index (χ2v) is 5.80. The van der Waals surface area contributed by atoms with Crippen molar-refractivity contribution in [2.24, 2.45) is 0 Å². The van der Waals surface area contributed by atoms with Crippen LogP contribution in [0.3, 0.4) is 0 Å². The van der Waals surface area contributed by atoms with E-state index in [2.05, 4.69) is 20.9 Å². The topological polar surface area (TPSA) is 39.2 Å². The van der Waals surface area contributed by atoms with Crippen LogP contribution in [0.25, 0.3) is 0 Å². The predicted octanol–water partition coefficient (Wildman–Crippen LogP) is 4.52. The van der Waals surface area contributed by atoms with Crippen LogP contribution in [-0.4, -0.2) is 16.9 Å². The van der Waals surface area contributed by atoms with Gasteiger partial charge in [-0.3, -0.25) is 9.78 Å². The highest BCUT2D eigenvalue weighted by atomic mass is 79.9. The van der Waals surface area contributed by atoms with Gasteiger partial charge in [0.25, 0.3) is 0 Å². The lowest BCUT2D eigenvalue weighted by molar-refractivity contribution is 0.103. The molecule has 0 aliphatic heterocycles. The third-order valence-corrected chi connectivity index (χ3v) is 3.74. The molecule has 104 valence electrons. The van der Waals surface area contributed by atoms with Crippen LogP contribution in [-0.2, 0) is 0 Å². The van der Waals surface area contributed by atoms with Crippen LogP contribution in [0.5, 0.6) is 5.75 Å². The number of ether oxygens (including phenoxy) is 1. The average molecular weight is 355 g/mol. The maximum atomic E-state index is 12.4. The molecule has 0 unspecified atom stereocenters. The Labute approximate surface area is 131 Å². The summed E-state index contributed by atoms with van der Waals surface area (Å²) in [5.41, 5.74) is 1.03. The maximum Gasteiger partial charge on any atom is 0.194 e. The third-order valence-electron chi connectivity index (χ3n) is 2.53. The molecular formula is C15H13BrClNO2. The van der Waals surface area contributed by atoms with Crippen LogP contribution in [0, 0.1) is 0 Å². The van der Waals surface area contributed by atoms with Gasteiger partial charge in [0, 0.05) is 21.8 Å². The van der Waals surface area contributed by atoms with E-state index in [1.165, 1.54) is 6.20 Å².